The van der Waals surface area contributed by atoms with Gasteiger partial charge in [0.25, 0.3) is 0 Å². The van der Waals surface area contributed by atoms with Crippen LogP contribution in [0.3, 0.4) is 0 Å². The van der Waals surface area contributed by atoms with Crippen molar-refractivity contribution in [1.29, 1.82) is 0 Å². The Morgan fingerprint density at radius 3 is 2.87 bits per heavy atom. The van der Waals surface area contributed by atoms with Crippen molar-refractivity contribution in [3.05, 3.63) is 18.2 Å². The van der Waals surface area contributed by atoms with Gasteiger partial charge in [0.05, 0.1) is 6.54 Å². The molecule has 3 heterocycles. The van der Waals surface area contributed by atoms with Gasteiger partial charge >= 0.3 is 6.03 Å². The molecule has 0 unspecified atom stereocenters. The number of carbonyl (C=O) groups is 1. The molecule has 3 rings (SSSR count). The summed E-state index contributed by atoms with van der Waals surface area (Å²) in [6, 6.07) is 0.608. The predicted molar refractivity (Wildman–Crippen MR) is 90.1 cm³/mol. The van der Waals surface area contributed by atoms with Crippen molar-refractivity contribution in [3.63, 3.8) is 0 Å². The van der Waals surface area contributed by atoms with Crippen LogP contribution in [0.25, 0.3) is 0 Å². The van der Waals surface area contributed by atoms with E-state index < -0.39 is 0 Å². The lowest BCUT2D eigenvalue weighted by molar-refractivity contribution is 0.198. The van der Waals surface area contributed by atoms with Gasteiger partial charge in [-0.3, -0.25) is 4.90 Å². The maximum Gasteiger partial charge on any atom is 0.317 e. The third kappa shape index (κ3) is 4.05. The standard InChI is InChI=1S/C17H29N5O/c1-14(2)12-21-10-6-18-16(21)11-19-17(23)22-9-5-15(13-22)20-7-3-4-8-20/h6,10,14-15H,3-5,7-9,11-13H2,1-2H3,(H,19,23)/t15-/m0/s1. The van der Waals surface area contributed by atoms with Crippen LogP contribution in [0.15, 0.2) is 12.4 Å². The van der Waals surface area contributed by atoms with Gasteiger partial charge in [-0.25, -0.2) is 9.78 Å². The zero-order valence-corrected chi connectivity index (χ0v) is 14.4. The fourth-order valence-corrected chi connectivity index (χ4v) is 3.66. The maximum absolute atomic E-state index is 12.4. The Hall–Kier alpha value is -1.56. The summed E-state index contributed by atoms with van der Waals surface area (Å²) < 4.78 is 2.13. The van der Waals surface area contributed by atoms with Crippen LogP contribution in [0.1, 0.15) is 38.9 Å². The summed E-state index contributed by atoms with van der Waals surface area (Å²) >= 11 is 0. The zero-order valence-electron chi connectivity index (χ0n) is 14.4. The number of amides is 2. The predicted octanol–water partition coefficient (Wildman–Crippen LogP) is 1.92. The Morgan fingerprint density at radius 1 is 1.35 bits per heavy atom. The van der Waals surface area contributed by atoms with Crippen molar-refractivity contribution in [2.75, 3.05) is 26.2 Å². The van der Waals surface area contributed by atoms with Gasteiger partial charge in [0.1, 0.15) is 5.82 Å². The maximum atomic E-state index is 12.4. The van der Waals surface area contributed by atoms with Crippen LogP contribution in [0.5, 0.6) is 0 Å². The van der Waals surface area contributed by atoms with E-state index in [1.54, 1.807) is 0 Å². The van der Waals surface area contributed by atoms with Crippen LogP contribution >= 0.6 is 0 Å². The van der Waals surface area contributed by atoms with Crippen molar-refractivity contribution < 1.29 is 4.79 Å². The zero-order chi connectivity index (χ0) is 16.2. The minimum Gasteiger partial charge on any atom is -0.333 e. The Kier molecular flexibility index (Phi) is 5.20. The van der Waals surface area contributed by atoms with Crippen molar-refractivity contribution in [3.8, 4) is 0 Å². The molecule has 0 spiro atoms. The van der Waals surface area contributed by atoms with Crippen molar-refractivity contribution in [1.82, 2.24) is 24.7 Å². The number of rotatable bonds is 5. The summed E-state index contributed by atoms with van der Waals surface area (Å²) in [5, 5.41) is 3.04. The van der Waals surface area contributed by atoms with Crippen molar-refractivity contribution in [2.45, 2.75) is 52.2 Å². The van der Waals surface area contributed by atoms with E-state index in [4.69, 9.17) is 0 Å². The lowest BCUT2D eigenvalue weighted by Gasteiger charge is -2.23. The molecule has 2 amide bonds. The molecule has 1 atom stereocenters. The highest BCUT2D eigenvalue weighted by Crippen LogP contribution is 2.20. The monoisotopic (exact) mass is 319 g/mol. The molecule has 6 heteroatoms. The molecular weight excluding hydrogens is 290 g/mol. The first-order chi connectivity index (χ1) is 11.1. The molecule has 2 fully saturated rings. The molecule has 0 saturated carbocycles. The van der Waals surface area contributed by atoms with E-state index in [-0.39, 0.29) is 6.03 Å². The summed E-state index contributed by atoms with van der Waals surface area (Å²) in [7, 11) is 0. The number of carbonyl (C=O) groups excluding carboxylic acids is 1. The van der Waals surface area contributed by atoms with Gasteiger partial charge in [0.2, 0.25) is 0 Å². The largest absolute Gasteiger partial charge is 0.333 e. The quantitative estimate of drug-likeness (QED) is 0.902. The molecular formula is C17H29N5O. The molecule has 2 aliphatic rings. The van der Waals surface area contributed by atoms with Crippen LogP contribution in [0.4, 0.5) is 4.79 Å². The topological polar surface area (TPSA) is 53.4 Å². The van der Waals surface area contributed by atoms with E-state index in [2.05, 4.69) is 33.6 Å². The number of nitrogens with one attached hydrogen (secondary N) is 1. The van der Waals surface area contributed by atoms with Crippen LogP contribution in [-0.4, -0.2) is 57.6 Å². The molecule has 23 heavy (non-hydrogen) atoms. The van der Waals surface area contributed by atoms with Gasteiger partial charge in [0, 0.05) is 38.1 Å². The first-order valence-electron chi connectivity index (χ1n) is 8.90. The molecule has 1 N–H and O–H groups in total. The van der Waals surface area contributed by atoms with E-state index in [1.807, 2.05) is 17.3 Å². The number of imidazole rings is 1. The van der Waals surface area contributed by atoms with Gasteiger partial charge in [-0.05, 0) is 38.3 Å². The van der Waals surface area contributed by atoms with Crippen LogP contribution in [-0.2, 0) is 13.1 Å². The van der Waals surface area contributed by atoms with Crippen LogP contribution < -0.4 is 5.32 Å². The summed E-state index contributed by atoms with van der Waals surface area (Å²) in [5.74, 6) is 1.50. The first-order valence-corrected chi connectivity index (χ1v) is 8.90. The van der Waals surface area contributed by atoms with Gasteiger partial charge in [-0.2, -0.15) is 0 Å². The highest BCUT2D eigenvalue weighted by molar-refractivity contribution is 5.74. The van der Waals surface area contributed by atoms with E-state index >= 15 is 0 Å². The van der Waals surface area contributed by atoms with Gasteiger partial charge in [-0.15, -0.1) is 0 Å². The van der Waals surface area contributed by atoms with Crippen molar-refractivity contribution >= 4 is 6.03 Å². The number of likely N-dealkylation sites (tertiary alicyclic amines) is 2. The average molecular weight is 319 g/mol. The van der Waals surface area contributed by atoms with Gasteiger partial charge < -0.3 is 14.8 Å². The summed E-state index contributed by atoms with van der Waals surface area (Å²) in [6.07, 6.45) is 7.52. The minimum atomic E-state index is 0.0470. The summed E-state index contributed by atoms with van der Waals surface area (Å²) in [4.78, 5) is 21.3. The Bertz CT molecular complexity index is 521. The minimum absolute atomic E-state index is 0.0470. The average Bonchev–Trinajstić information content (AvgIpc) is 3.25. The van der Waals surface area contributed by atoms with E-state index in [0.717, 1.165) is 31.9 Å². The van der Waals surface area contributed by atoms with E-state index in [1.165, 1.54) is 25.9 Å². The second-order valence-corrected chi connectivity index (χ2v) is 7.18. The van der Waals surface area contributed by atoms with E-state index in [0.29, 0.717) is 18.5 Å². The molecule has 2 aliphatic heterocycles. The third-order valence-electron chi connectivity index (χ3n) is 4.87. The molecule has 1 aromatic rings. The first kappa shape index (κ1) is 16.3. The highest BCUT2D eigenvalue weighted by atomic mass is 16.2. The molecule has 1 aromatic heterocycles. The van der Waals surface area contributed by atoms with Crippen LogP contribution in [0.2, 0.25) is 0 Å². The lowest BCUT2D eigenvalue weighted by atomic mass is 10.2. The molecule has 2 saturated heterocycles. The second-order valence-electron chi connectivity index (χ2n) is 7.18. The lowest BCUT2D eigenvalue weighted by Crippen LogP contribution is -2.41. The van der Waals surface area contributed by atoms with Gasteiger partial charge in [-0.1, -0.05) is 13.8 Å². The summed E-state index contributed by atoms with van der Waals surface area (Å²) in [5.41, 5.74) is 0. The molecule has 0 bridgehead atoms. The number of hydrogen-bond donors (Lipinski definition) is 1. The molecule has 0 aliphatic carbocycles. The van der Waals surface area contributed by atoms with Crippen molar-refractivity contribution in [2.24, 2.45) is 5.92 Å². The van der Waals surface area contributed by atoms with Crippen LogP contribution in [0, 0.1) is 5.92 Å². The van der Waals surface area contributed by atoms with Gasteiger partial charge in [0.15, 0.2) is 0 Å². The molecule has 0 aromatic carbocycles. The molecule has 128 valence electrons. The highest BCUT2D eigenvalue weighted by Gasteiger charge is 2.31. The SMILES string of the molecule is CC(C)Cn1ccnc1CNC(=O)N1CC[C@H](N2CCCC2)C1. The number of hydrogen-bond acceptors (Lipinski definition) is 3. The fraction of sp³-hybridized carbons (Fsp3) is 0.765. The summed E-state index contributed by atoms with van der Waals surface area (Å²) in [6.45, 7) is 9.95. The number of aromatic nitrogens is 2. The smallest absolute Gasteiger partial charge is 0.317 e. The Balaban J connectivity index is 1.47. The van der Waals surface area contributed by atoms with E-state index in [9.17, 15) is 4.79 Å². The number of nitrogens with zero attached hydrogens (tertiary/aromatic N) is 4. The normalized spacial score (nSPS) is 22.2. The Labute approximate surface area is 138 Å². The fourth-order valence-electron chi connectivity index (χ4n) is 3.66. The third-order valence-corrected chi connectivity index (χ3v) is 4.87. The second kappa shape index (κ2) is 7.34. The Morgan fingerprint density at radius 2 is 2.13 bits per heavy atom. The number of urea groups is 1. The molecule has 6 nitrogen and oxygen atoms in total. The molecule has 0 radical (unpaired) electrons.